The van der Waals surface area contributed by atoms with Crippen LogP contribution in [0.5, 0.6) is 0 Å². The summed E-state index contributed by atoms with van der Waals surface area (Å²) in [4.78, 5) is 0. The molecule has 230 valence electrons. The van der Waals surface area contributed by atoms with Gasteiger partial charge in [-0.15, -0.1) is 55.0 Å². The molecule has 0 aromatic heterocycles. The van der Waals surface area contributed by atoms with Crippen LogP contribution in [0.15, 0.2) is 110 Å². The fraction of sp³-hybridized carbons (Fsp3) is 0.154. The van der Waals surface area contributed by atoms with Crippen LogP contribution in [0.1, 0.15) is 49.4 Å². The Labute approximate surface area is 302 Å². The standard InChI is InChI=1S/C17H13.C9H13.2C6H4Cl.CH2.2ClH.Zr/c1-3-12-5-7-14-11-15-8-6-13(4-2)10-17(15)16(14)9-12;1-9(2,3)8-6-4-5-7-8;2*7-6-4-2-1-3-5-6;;;;/h3-7,9-10H,1-2,11H2;6-7H,4H2,1-3H3;2*1-2,4-5H;1H2;2*1H;/q4*-1;;;;. The molecule has 2 aliphatic carbocycles. The van der Waals surface area contributed by atoms with E-state index in [0.717, 1.165) is 28.5 Å². The average molecular weight is 740 g/mol. The Hall–Kier alpha value is -2.25. The molecule has 4 aromatic rings. The maximum absolute atomic E-state index is 5.51. The van der Waals surface area contributed by atoms with Gasteiger partial charge in [0.05, 0.1) is 0 Å². The van der Waals surface area contributed by atoms with Crippen molar-refractivity contribution in [1.29, 1.82) is 0 Å². The Bertz CT molecular complexity index is 1390. The van der Waals surface area contributed by atoms with Gasteiger partial charge < -0.3 is 0 Å². The molecule has 0 atom stereocenters. The average Bonchev–Trinajstić information content (AvgIpc) is 3.68. The van der Waals surface area contributed by atoms with Crippen molar-refractivity contribution in [2.45, 2.75) is 33.6 Å². The van der Waals surface area contributed by atoms with Gasteiger partial charge in [-0.05, 0) is 12.0 Å². The van der Waals surface area contributed by atoms with Gasteiger partial charge in [0.2, 0.25) is 0 Å². The summed E-state index contributed by atoms with van der Waals surface area (Å²) in [6.07, 6.45) is 13.2. The van der Waals surface area contributed by atoms with Crippen molar-refractivity contribution in [3.05, 3.63) is 166 Å². The van der Waals surface area contributed by atoms with E-state index in [0.29, 0.717) is 5.41 Å². The molecule has 2 aliphatic rings. The summed E-state index contributed by atoms with van der Waals surface area (Å²) in [7, 11) is 0. The second-order valence-electron chi connectivity index (χ2n) is 10.2. The number of rotatable bonds is 2. The van der Waals surface area contributed by atoms with Crippen LogP contribution in [0.3, 0.4) is 0 Å². The van der Waals surface area contributed by atoms with Crippen molar-refractivity contribution in [2.75, 3.05) is 0 Å². The molecular weight excluding hydrogens is 701 g/mol. The third kappa shape index (κ3) is 14.2. The summed E-state index contributed by atoms with van der Waals surface area (Å²) in [5, 5.41) is 1.48. The zero-order valence-corrected chi connectivity index (χ0v) is 31.0. The molecule has 0 bridgehead atoms. The SMILES string of the molecule is C=Cc1c[c-]c2c(c1)-c1cc(C=C)ccc1C2.CC(C)(C)C1=CC[C-]=C1.Cl.Cl.Clc1c[c-]ccc1.Clc1c[c-]ccc1.[CH2]=[Zr]. The molecule has 0 saturated heterocycles. The number of benzene rings is 4. The van der Waals surface area contributed by atoms with Gasteiger partial charge in [0.1, 0.15) is 0 Å². The van der Waals surface area contributed by atoms with Gasteiger partial charge >= 0.3 is 28.4 Å². The number of allylic oxidation sites excluding steroid dienone is 4. The summed E-state index contributed by atoms with van der Waals surface area (Å²) in [6, 6.07) is 34.1. The fourth-order valence-corrected chi connectivity index (χ4v) is 4.30. The van der Waals surface area contributed by atoms with Crippen LogP contribution in [0, 0.1) is 29.7 Å². The predicted octanol–water partition coefficient (Wildman–Crippen LogP) is 12.2. The first-order chi connectivity index (χ1) is 20.2. The zero-order chi connectivity index (χ0) is 31.0. The number of fused-ring (bicyclic) bond motifs is 3. The van der Waals surface area contributed by atoms with Crippen LogP contribution in [0.25, 0.3) is 23.3 Å². The molecule has 6 rings (SSSR count). The van der Waals surface area contributed by atoms with Gasteiger partial charge in [0, 0.05) is 0 Å². The van der Waals surface area contributed by atoms with Crippen molar-refractivity contribution < 1.29 is 24.2 Å². The predicted molar refractivity (Wildman–Crippen MR) is 196 cm³/mol. The van der Waals surface area contributed by atoms with E-state index < -0.39 is 0 Å². The van der Waals surface area contributed by atoms with E-state index in [4.69, 9.17) is 23.2 Å². The molecule has 0 saturated carbocycles. The Morgan fingerprint density at radius 3 is 1.75 bits per heavy atom. The Balaban J connectivity index is 0.000000586. The molecule has 0 N–H and O–H groups in total. The minimum atomic E-state index is 0. The van der Waals surface area contributed by atoms with Crippen LogP contribution in [0.4, 0.5) is 0 Å². The Morgan fingerprint density at radius 2 is 1.36 bits per heavy atom. The van der Waals surface area contributed by atoms with Crippen molar-refractivity contribution >= 4 is 64.4 Å². The Kier molecular flexibility index (Phi) is 21.2. The molecule has 5 heteroatoms. The van der Waals surface area contributed by atoms with Gasteiger partial charge in [0.25, 0.3) is 0 Å². The number of hydrogen-bond donors (Lipinski definition) is 0. The quantitative estimate of drug-likeness (QED) is 0.158. The third-order valence-electron chi connectivity index (χ3n) is 6.21. The summed E-state index contributed by atoms with van der Waals surface area (Å²) in [6.45, 7) is 14.3. The summed E-state index contributed by atoms with van der Waals surface area (Å²) in [5.74, 6) is 0. The molecule has 0 spiro atoms. The molecule has 0 aliphatic heterocycles. The second-order valence-corrected chi connectivity index (χ2v) is 11.1. The van der Waals surface area contributed by atoms with E-state index in [1.807, 2.05) is 54.6 Å². The number of halogens is 4. The number of hydrogen-bond acceptors (Lipinski definition) is 0. The fourth-order valence-electron chi connectivity index (χ4n) is 4.03. The van der Waals surface area contributed by atoms with E-state index in [1.54, 1.807) is 12.1 Å². The van der Waals surface area contributed by atoms with Crippen molar-refractivity contribution in [3.8, 4) is 11.1 Å². The third-order valence-corrected chi connectivity index (χ3v) is 6.68. The molecule has 44 heavy (non-hydrogen) atoms. The molecule has 0 fully saturated rings. The van der Waals surface area contributed by atoms with E-state index in [9.17, 15) is 0 Å². The van der Waals surface area contributed by atoms with E-state index in [-0.39, 0.29) is 24.8 Å². The topological polar surface area (TPSA) is 0 Å². The monoisotopic (exact) mass is 736 g/mol. The van der Waals surface area contributed by atoms with E-state index in [1.165, 1.54) is 57.6 Å². The van der Waals surface area contributed by atoms with Gasteiger partial charge in [-0.3, -0.25) is 6.08 Å². The van der Waals surface area contributed by atoms with Gasteiger partial charge in [-0.2, -0.15) is 119 Å². The molecule has 0 amide bonds. The van der Waals surface area contributed by atoms with Gasteiger partial charge in [-0.1, -0.05) is 78.2 Å². The van der Waals surface area contributed by atoms with Crippen LogP contribution >= 0.6 is 48.0 Å². The van der Waals surface area contributed by atoms with Gasteiger partial charge in [-0.25, -0.2) is 6.08 Å². The molecule has 0 heterocycles. The second kappa shape index (κ2) is 22.3. The summed E-state index contributed by atoms with van der Waals surface area (Å²) in [5.41, 5.74) is 9.31. The maximum atomic E-state index is 5.51. The van der Waals surface area contributed by atoms with Gasteiger partial charge in [0.15, 0.2) is 0 Å². The van der Waals surface area contributed by atoms with E-state index in [2.05, 4.69) is 98.8 Å². The summed E-state index contributed by atoms with van der Waals surface area (Å²) >= 11 is 12.3. The first-order valence-corrected chi connectivity index (χ1v) is 16.0. The normalized spacial score (nSPS) is 11.1. The van der Waals surface area contributed by atoms with Crippen molar-refractivity contribution in [1.82, 2.24) is 0 Å². The molecule has 4 aromatic carbocycles. The van der Waals surface area contributed by atoms with Crippen LogP contribution in [-0.2, 0) is 30.7 Å². The summed E-state index contributed by atoms with van der Waals surface area (Å²) < 4.78 is 3.34. The first-order valence-electron chi connectivity index (χ1n) is 13.5. The van der Waals surface area contributed by atoms with Crippen LogP contribution < -0.4 is 0 Å². The Morgan fingerprint density at radius 1 is 0.795 bits per heavy atom. The minimum absolute atomic E-state index is 0. The first kappa shape index (κ1) is 41.8. The van der Waals surface area contributed by atoms with Crippen molar-refractivity contribution in [2.24, 2.45) is 5.41 Å². The van der Waals surface area contributed by atoms with Crippen LogP contribution in [-0.4, -0.2) is 4.21 Å². The zero-order valence-electron chi connectivity index (χ0n) is 25.4. The molecule has 0 radical (unpaired) electrons. The molecule has 0 unspecified atom stereocenters. The van der Waals surface area contributed by atoms with Crippen LogP contribution in [0.2, 0.25) is 10.0 Å². The van der Waals surface area contributed by atoms with E-state index >= 15 is 0 Å². The van der Waals surface area contributed by atoms with Crippen molar-refractivity contribution in [3.63, 3.8) is 0 Å². The molecule has 0 nitrogen and oxygen atoms in total. The molecular formula is C39H38Cl4Zr-4.